The van der Waals surface area contributed by atoms with E-state index in [1.54, 1.807) is 0 Å². The smallest absolute Gasteiger partial charge is 0.388 e. The molecule has 0 saturated carbocycles. The first-order valence-corrected chi connectivity index (χ1v) is 4.14. The highest BCUT2D eigenvalue weighted by molar-refractivity contribution is 5.17. The second kappa shape index (κ2) is 5.18. The van der Waals surface area contributed by atoms with Crippen LogP contribution in [-0.2, 0) is 4.74 Å². The van der Waals surface area contributed by atoms with Gasteiger partial charge in [-0.2, -0.15) is 9.97 Å². The fourth-order valence-electron chi connectivity index (χ4n) is 0.802. The summed E-state index contributed by atoms with van der Waals surface area (Å²) in [5.74, 6) is -0.184. The molecule has 78 valence electrons. The highest BCUT2D eigenvalue weighted by Gasteiger charge is 2.10. The lowest BCUT2D eigenvalue weighted by molar-refractivity contribution is -0.389. The molecular weight excluding hydrogens is 190 g/mol. The molecule has 0 atom stereocenters. The number of aromatic amines is 1. The van der Waals surface area contributed by atoms with Gasteiger partial charge >= 0.3 is 11.8 Å². The molecule has 7 nitrogen and oxygen atoms in total. The lowest BCUT2D eigenvalue weighted by atomic mass is 10.7. The number of hydrogen-bond acceptors (Lipinski definition) is 5. The lowest BCUT2D eigenvalue weighted by Gasteiger charge is -1.99. The molecular formula is C7H11N3O4. The number of imidazole rings is 1. The first-order chi connectivity index (χ1) is 6.74. The molecule has 0 bridgehead atoms. The SMILES string of the molecule is CCOCCOc1ncc([N+](=O)[O-])[nH]1. The third-order valence-electron chi connectivity index (χ3n) is 1.41. The zero-order valence-electron chi connectivity index (χ0n) is 7.73. The second-order valence-corrected chi connectivity index (χ2v) is 2.38. The van der Waals surface area contributed by atoms with Gasteiger partial charge in [0.2, 0.25) is 0 Å². The van der Waals surface area contributed by atoms with E-state index < -0.39 is 4.92 Å². The molecule has 1 heterocycles. The fraction of sp³-hybridized carbons (Fsp3) is 0.571. The highest BCUT2D eigenvalue weighted by Crippen LogP contribution is 2.11. The van der Waals surface area contributed by atoms with Gasteiger partial charge in [0.15, 0.2) is 0 Å². The minimum atomic E-state index is -0.567. The maximum Gasteiger partial charge on any atom is 0.388 e. The summed E-state index contributed by atoms with van der Waals surface area (Å²) >= 11 is 0. The average molecular weight is 201 g/mol. The molecule has 0 aliphatic rings. The molecule has 0 unspecified atom stereocenters. The molecule has 1 aromatic rings. The summed E-state index contributed by atoms with van der Waals surface area (Å²) in [6.45, 7) is 3.24. The van der Waals surface area contributed by atoms with Gasteiger partial charge in [0.05, 0.1) is 6.61 Å². The number of rotatable bonds is 6. The number of nitro groups is 1. The van der Waals surface area contributed by atoms with Crippen molar-refractivity contribution in [1.29, 1.82) is 0 Å². The molecule has 0 aliphatic carbocycles. The van der Waals surface area contributed by atoms with E-state index in [-0.39, 0.29) is 11.8 Å². The predicted molar refractivity (Wildman–Crippen MR) is 47.2 cm³/mol. The van der Waals surface area contributed by atoms with Gasteiger partial charge in [0, 0.05) is 6.61 Å². The molecule has 1 N–H and O–H groups in total. The largest absolute Gasteiger partial charge is 0.445 e. The quantitative estimate of drug-likeness (QED) is 0.416. The first-order valence-electron chi connectivity index (χ1n) is 4.14. The minimum Gasteiger partial charge on any atom is -0.445 e. The van der Waals surface area contributed by atoms with Crippen molar-refractivity contribution in [3.8, 4) is 6.01 Å². The Bertz CT molecular complexity index is 299. The van der Waals surface area contributed by atoms with E-state index in [1.807, 2.05) is 6.92 Å². The van der Waals surface area contributed by atoms with Crippen LogP contribution in [0.15, 0.2) is 6.20 Å². The number of H-pyrrole nitrogens is 1. The third kappa shape index (κ3) is 3.02. The molecule has 14 heavy (non-hydrogen) atoms. The van der Waals surface area contributed by atoms with E-state index in [1.165, 1.54) is 0 Å². The summed E-state index contributed by atoms with van der Waals surface area (Å²) in [6, 6.07) is 0.136. The monoisotopic (exact) mass is 201 g/mol. The van der Waals surface area contributed by atoms with Crippen molar-refractivity contribution >= 4 is 5.82 Å². The molecule has 0 saturated heterocycles. The van der Waals surface area contributed by atoms with Crippen LogP contribution < -0.4 is 4.74 Å². The summed E-state index contributed by atoms with van der Waals surface area (Å²) in [5, 5.41) is 10.2. The van der Waals surface area contributed by atoms with Gasteiger partial charge in [-0.1, -0.05) is 0 Å². The first kappa shape index (κ1) is 10.5. The third-order valence-corrected chi connectivity index (χ3v) is 1.41. The molecule has 0 aliphatic heterocycles. The standard InChI is InChI=1S/C7H11N3O4/c1-2-13-3-4-14-7-8-5-6(9-7)10(11)12/h5H,2-4H2,1H3,(H,8,9). The van der Waals surface area contributed by atoms with Gasteiger partial charge in [-0.3, -0.25) is 0 Å². The van der Waals surface area contributed by atoms with E-state index in [0.717, 1.165) is 6.20 Å². The Kier molecular flexibility index (Phi) is 3.86. The summed E-state index contributed by atoms with van der Waals surface area (Å²) in [4.78, 5) is 15.7. The number of aromatic nitrogens is 2. The summed E-state index contributed by atoms with van der Waals surface area (Å²) in [7, 11) is 0. The van der Waals surface area contributed by atoms with E-state index in [0.29, 0.717) is 19.8 Å². The Labute approximate surface area is 80.2 Å². The molecule has 0 spiro atoms. The van der Waals surface area contributed by atoms with Gasteiger partial charge in [0.25, 0.3) is 0 Å². The topological polar surface area (TPSA) is 90.3 Å². The Balaban J connectivity index is 2.33. The van der Waals surface area contributed by atoms with Gasteiger partial charge in [0.1, 0.15) is 12.8 Å². The van der Waals surface area contributed by atoms with Crippen molar-refractivity contribution in [2.24, 2.45) is 0 Å². The van der Waals surface area contributed by atoms with Crippen LogP contribution in [-0.4, -0.2) is 34.7 Å². The molecule has 0 aromatic carbocycles. The molecule has 1 rings (SSSR count). The molecule has 0 radical (unpaired) electrons. The van der Waals surface area contributed by atoms with Crippen LogP contribution in [0.3, 0.4) is 0 Å². The normalized spacial score (nSPS) is 10.1. The summed E-state index contributed by atoms with van der Waals surface area (Å²) in [6.07, 6.45) is 1.11. The van der Waals surface area contributed by atoms with Gasteiger partial charge in [-0.05, 0) is 11.8 Å². The van der Waals surface area contributed by atoms with E-state index >= 15 is 0 Å². The Morgan fingerprint density at radius 1 is 1.64 bits per heavy atom. The maximum absolute atomic E-state index is 10.2. The van der Waals surface area contributed by atoms with Crippen molar-refractivity contribution in [3.63, 3.8) is 0 Å². The summed E-state index contributed by atoms with van der Waals surface area (Å²) in [5.41, 5.74) is 0. The number of nitrogens with one attached hydrogen (secondary N) is 1. The van der Waals surface area contributed by atoms with Crippen LogP contribution in [0, 0.1) is 10.1 Å². The predicted octanol–water partition coefficient (Wildman–Crippen LogP) is 0.733. The van der Waals surface area contributed by atoms with Crippen molar-refractivity contribution in [1.82, 2.24) is 9.97 Å². The zero-order valence-corrected chi connectivity index (χ0v) is 7.73. The number of ether oxygens (including phenoxy) is 2. The van der Waals surface area contributed by atoms with Gasteiger partial charge in [-0.25, -0.2) is 0 Å². The summed E-state index contributed by atoms with van der Waals surface area (Å²) < 4.78 is 10.1. The maximum atomic E-state index is 10.2. The van der Waals surface area contributed by atoms with Crippen molar-refractivity contribution in [3.05, 3.63) is 16.3 Å². The van der Waals surface area contributed by atoms with Gasteiger partial charge < -0.3 is 19.6 Å². The Hall–Kier alpha value is -1.63. The molecule has 0 fully saturated rings. The number of nitrogens with zero attached hydrogens (tertiary/aromatic N) is 2. The fourth-order valence-corrected chi connectivity index (χ4v) is 0.802. The molecule has 1 aromatic heterocycles. The van der Waals surface area contributed by atoms with Crippen molar-refractivity contribution < 1.29 is 14.4 Å². The lowest BCUT2D eigenvalue weighted by Crippen LogP contribution is -2.07. The molecule has 0 amide bonds. The van der Waals surface area contributed by atoms with Crippen molar-refractivity contribution in [2.75, 3.05) is 19.8 Å². The highest BCUT2D eigenvalue weighted by atomic mass is 16.6. The van der Waals surface area contributed by atoms with E-state index in [4.69, 9.17) is 9.47 Å². The van der Waals surface area contributed by atoms with Crippen LogP contribution in [0.2, 0.25) is 0 Å². The van der Waals surface area contributed by atoms with Gasteiger partial charge in [-0.15, -0.1) is 0 Å². The zero-order chi connectivity index (χ0) is 10.4. The Morgan fingerprint density at radius 3 is 3.00 bits per heavy atom. The van der Waals surface area contributed by atoms with E-state index in [2.05, 4.69) is 9.97 Å². The van der Waals surface area contributed by atoms with E-state index in [9.17, 15) is 10.1 Å². The van der Waals surface area contributed by atoms with Crippen LogP contribution in [0.1, 0.15) is 6.92 Å². The number of hydrogen-bond donors (Lipinski definition) is 1. The van der Waals surface area contributed by atoms with Crippen LogP contribution >= 0.6 is 0 Å². The van der Waals surface area contributed by atoms with Crippen molar-refractivity contribution in [2.45, 2.75) is 6.92 Å². The van der Waals surface area contributed by atoms with Crippen LogP contribution in [0.5, 0.6) is 6.01 Å². The molecule has 7 heteroatoms. The van der Waals surface area contributed by atoms with Crippen LogP contribution in [0.4, 0.5) is 5.82 Å². The minimum absolute atomic E-state index is 0.136. The Morgan fingerprint density at radius 2 is 2.43 bits per heavy atom. The average Bonchev–Trinajstić information content (AvgIpc) is 2.61. The van der Waals surface area contributed by atoms with Crippen LogP contribution in [0.25, 0.3) is 0 Å². The second-order valence-electron chi connectivity index (χ2n) is 2.38.